The number of nitrogens with one attached hydrogen (secondary N) is 1. The molecular formula is C14H23N3O2. The van der Waals surface area contributed by atoms with Crippen LogP contribution in [0.25, 0.3) is 0 Å². The Labute approximate surface area is 114 Å². The average molecular weight is 265 g/mol. The highest BCUT2D eigenvalue weighted by Crippen LogP contribution is 2.35. The second-order valence-corrected chi connectivity index (χ2v) is 5.46. The zero-order valence-electron chi connectivity index (χ0n) is 11.4. The molecule has 0 radical (unpaired) electrons. The van der Waals surface area contributed by atoms with E-state index in [1.807, 2.05) is 23.1 Å². The van der Waals surface area contributed by atoms with E-state index in [-0.39, 0.29) is 5.79 Å². The summed E-state index contributed by atoms with van der Waals surface area (Å²) in [6, 6.07) is 2.59. The molecule has 2 aliphatic rings. The summed E-state index contributed by atoms with van der Waals surface area (Å²) in [5.41, 5.74) is 0. The largest absolute Gasteiger partial charge is 0.348 e. The molecule has 19 heavy (non-hydrogen) atoms. The third kappa shape index (κ3) is 3.35. The summed E-state index contributed by atoms with van der Waals surface area (Å²) in [5.74, 6) is -0.229. The second kappa shape index (κ2) is 6.03. The van der Waals surface area contributed by atoms with Crippen molar-refractivity contribution < 1.29 is 9.47 Å². The fourth-order valence-electron chi connectivity index (χ4n) is 3.03. The van der Waals surface area contributed by atoms with Gasteiger partial charge in [0, 0.05) is 37.8 Å². The van der Waals surface area contributed by atoms with Crippen molar-refractivity contribution in [3.05, 3.63) is 18.5 Å². The zero-order valence-corrected chi connectivity index (χ0v) is 11.4. The molecule has 0 aromatic carbocycles. The van der Waals surface area contributed by atoms with Gasteiger partial charge in [0.05, 0.1) is 13.2 Å². The first-order chi connectivity index (χ1) is 9.36. The van der Waals surface area contributed by atoms with Crippen LogP contribution >= 0.6 is 0 Å². The molecule has 0 unspecified atom stereocenters. The maximum Gasteiger partial charge on any atom is 0.168 e. The first-order valence-electron chi connectivity index (χ1n) is 7.35. The van der Waals surface area contributed by atoms with Gasteiger partial charge < -0.3 is 14.8 Å². The molecule has 1 aliphatic heterocycles. The minimum absolute atomic E-state index is 0.229. The summed E-state index contributed by atoms with van der Waals surface area (Å²) in [5, 5.41) is 7.84. The van der Waals surface area contributed by atoms with Crippen molar-refractivity contribution in [3.8, 4) is 0 Å². The van der Waals surface area contributed by atoms with Crippen molar-refractivity contribution in [2.24, 2.45) is 0 Å². The fraction of sp³-hybridized carbons (Fsp3) is 0.786. The number of rotatable bonds is 5. The Morgan fingerprint density at radius 2 is 2.05 bits per heavy atom. The van der Waals surface area contributed by atoms with Gasteiger partial charge in [0.2, 0.25) is 0 Å². The van der Waals surface area contributed by atoms with Gasteiger partial charge in [-0.25, -0.2) is 0 Å². The summed E-state index contributed by atoms with van der Waals surface area (Å²) in [6.45, 7) is 3.58. The Morgan fingerprint density at radius 1 is 1.26 bits per heavy atom. The smallest absolute Gasteiger partial charge is 0.168 e. The van der Waals surface area contributed by atoms with Crippen LogP contribution in [0.3, 0.4) is 0 Å². The minimum atomic E-state index is -0.229. The van der Waals surface area contributed by atoms with E-state index < -0.39 is 0 Å². The highest BCUT2D eigenvalue weighted by atomic mass is 16.7. The Balaban J connectivity index is 1.31. The van der Waals surface area contributed by atoms with E-state index >= 15 is 0 Å². The lowest BCUT2D eigenvalue weighted by Crippen LogP contribution is -2.42. The molecule has 0 amide bonds. The van der Waals surface area contributed by atoms with E-state index in [4.69, 9.17) is 9.47 Å². The molecule has 1 aromatic heterocycles. The number of ether oxygens (including phenoxy) is 2. The number of nitrogens with zero attached hydrogens (tertiary/aromatic N) is 2. The van der Waals surface area contributed by atoms with Crippen LogP contribution in [0.4, 0.5) is 0 Å². The van der Waals surface area contributed by atoms with Crippen LogP contribution in [-0.2, 0) is 16.0 Å². The van der Waals surface area contributed by atoms with E-state index in [0.29, 0.717) is 6.04 Å². The van der Waals surface area contributed by atoms with Crippen molar-refractivity contribution in [1.82, 2.24) is 15.1 Å². The van der Waals surface area contributed by atoms with Crippen molar-refractivity contribution in [2.45, 2.75) is 50.5 Å². The molecule has 5 heteroatoms. The monoisotopic (exact) mass is 265 g/mol. The van der Waals surface area contributed by atoms with Gasteiger partial charge in [0.1, 0.15) is 0 Å². The Kier molecular flexibility index (Phi) is 4.15. The maximum absolute atomic E-state index is 5.74. The van der Waals surface area contributed by atoms with Crippen LogP contribution in [-0.4, -0.2) is 41.4 Å². The lowest BCUT2D eigenvalue weighted by atomic mass is 9.90. The van der Waals surface area contributed by atoms with Crippen LogP contribution in [0.1, 0.15) is 32.1 Å². The number of aromatic nitrogens is 2. The molecule has 1 N–H and O–H groups in total. The van der Waals surface area contributed by atoms with E-state index in [1.54, 1.807) is 0 Å². The predicted molar refractivity (Wildman–Crippen MR) is 71.7 cm³/mol. The first kappa shape index (κ1) is 13.1. The van der Waals surface area contributed by atoms with Gasteiger partial charge in [-0.05, 0) is 31.9 Å². The Hall–Kier alpha value is -0.910. The lowest BCUT2D eigenvalue weighted by molar-refractivity contribution is -0.179. The summed E-state index contributed by atoms with van der Waals surface area (Å²) in [6.07, 6.45) is 9.34. The van der Waals surface area contributed by atoms with Crippen LogP contribution in [0.2, 0.25) is 0 Å². The van der Waals surface area contributed by atoms with E-state index in [0.717, 1.165) is 58.4 Å². The van der Waals surface area contributed by atoms with Crippen LogP contribution < -0.4 is 5.32 Å². The third-order valence-electron chi connectivity index (χ3n) is 4.12. The lowest BCUT2D eigenvalue weighted by Gasteiger charge is -2.35. The van der Waals surface area contributed by atoms with Gasteiger partial charge in [-0.2, -0.15) is 5.10 Å². The summed E-state index contributed by atoms with van der Waals surface area (Å²) in [7, 11) is 0. The molecule has 2 heterocycles. The first-order valence-corrected chi connectivity index (χ1v) is 7.35. The minimum Gasteiger partial charge on any atom is -0.348 e. The highest BCUT2D eigenvalue weighted by Gasteiger charge is 2.39. The standard InChI is InChI=1S/C14H23N3O2/c1(9-17-10-2-8-16-17)7-15-13-3-5-14(6-4-13)18-11-12-19-14/h2,8,10,13,15H,1,3-7,9,11-12H2. The molecule has 2 fully saturated rings. The molecule has 1 aliphatic carbocycles. The summed E-state index contributed by atoms with van der Waals surface area (Å²) < 4.78 is 13.5. The number of hydrogen-bond donors (Lipinski definition) is 1. The molecule has 0 atom stereocenters. The molecular weight excluding hydrogens is 242 g/mol. The van der Waals surface area contributed by atoms with E-state index in [2.05, 4.69) is 10.4 Å². The maximum atomic E-state index is 5.74. The van der Waals surface area contributed by atoms with Crippen LogP contribution in [0, 0.1) is 0 Å². The summed E-state index contributed by atoms with van der Waals surface area (Å²) in [4.78, 5) is 0. The molecule has 1 aromatic rings. The average Bonchev–Trinajstić information content (AvgIpc) is 3.09. The van der Waals surface area contributed by atoms with Crippen LogP contribution in [0.5, 0.6) is 0 Å². The number of aryl methyl sites for hydroxylation is 1. The Morgan fingerprint density at radius 3 is 2.74 bits per heavy atom. The molecule has 106 valence electrons. The molecule has 1 saturated carbocycles. The number of hydrogen-bond acceptors (Lipinski definition) is 4. The van der Waals surface area contributed by atoms with Gasteiger partial charge in [-0.15, -0.1) is 0 Å². The van der Waals surface area contributed by atoms with Gasteiger partial charge >= 0.3 is 0 Å². The zero-order chi connectivity index (χ0) is 13.0. The second-order valence-electron chi connectivity index (χ2n) is 5.46. The van der Waals surface area contributed by atoms with Crippen molar-refractivity contribution in [3.63, 3.8) is 0 Å². The quantitative estimate of drug-likeness (QED) is 0.821. The van der Waals surface area contributed by atoms with E-state index in [9.17, 15) is 0 Å². The normalized spacial score (nSPS) is 23.2. The molecule has 0 bridgehead atoms. The van der Waals surface area contributed by atoms with Crippen LogP contribution in [0.15, 0.2) is 18.5 Å². The predicted octanol–water partition coefficient (Wildman–Crippen LogP) is 1.55. The molecule has 1 spiro atoms. The molecule has 5 nitrogen and oxygen atoms in total. The SMILES string of the molecule is c1cnn(CCCNC2CCC3(CC2)OCCO3)c1. The van der Waals surface area contributed by atoms with Crippen molar-refractivity contribution >= 4 is 0 Å². The van der Waals surface area contributed by atoms with Gasteiger partial charge in [-0.1, -0.05) is 0 Å². The third-order valence-corrected chi connectivity index (χ3v) is 4.12. The highest BCUT2D eigenvalue weighted by molar-refractivity contribution is 4.85. The van der Waals surface area contributed by atoms with Gasteiger partial charge in [0.15, 0.2) is 5.79 Å². The van der Waals surface area contributed by atoms with Gasteiger partial charge in [0.25, 0.3) is 0 Å². The van der Waals surface area contributed by atoms with E-state index in [1.165, 1.54) is 0 Å². The van der Waals surface area contributed by atoms with Gasteiger partial charge in [-0.3, -0.25) is 4.68 Å². The van der Waals surface area contributed by atoms with Crippen molar-refractivity contribution in [2.75, 3.05) is 19.8 Å². The fourth-order valence-corrected chi connectivity index (χ4v) is 3.03. The summed E-state index contributed by atoms with van der Waals surface area (Å²) >= 11 is 0. The van der Waals surface area contributed by atoms with Crippen molar-refractivity contribution in [1.29, 1.82) is 0 Å². The molecule has 3 rings (SSSR count). The Bertz CT molecular complexity index is 364. The molecule has 1 saturated heterocycles. The topological polar surface area (TPSA) is 48.3 Å².